The highest BCUT2D eigenvalue weighted by atomic mass is 127. The molecule has 2 heterocycles. The Morgan fingerprint density at radius 2 is 2.12 bits per heavy atom. The fraction of sp³-hybridized carbons (Fsp3) is 0.562. The summed E-state index contributed by atoms with van der Waals surface area (Å²) in [4.78, 5) is 4.57. The number of rotatable bonds is 9. The summed E-state index contributed by atoms with van der Waals surface area (Å²) in [6.07, 6.45) is 3.78. The number of ether oxygens (including phenoxy) is 1. The highest BCUT2D eigenvalue weighted by molar-refractivity contribution is 14.0. The summed E-state index contributed by atoms with van der Waals surface area (Å²) in [5, 5.41) is 14.9. The Hall–Kier alpha value is -1.42. The van der Waals surface area contributed by atoms with E-state index < -0.39 is 0 Å². The van der Waals surface area contributed by atoms with E-state index in [-0.39, 0.29) is 24.0 Å². The molecule has 2 aromatic heterocycles. The van der Waals surface area contributed by atoms with Crippen molar-refractivity contribution in [2.45, 2.75) is 26.7 Å². The first kappa shape index (κ1) is 20.6. The van der Waals surface area contributed by atoms with Crippen LogP contribution < -0.4 is 10.6 Å². The molecule has 7 nitrogen and oxygen atoms in total. The Bertz CT molecular complexity index is 615. The van der Waals surface area contributed by atoms with E-state index in [0.29, 0.717) is 6.61 Å². The van der Waals surface area contributed by atoms with Gasteiger partial charge in [-0.05, 0) is 32.4 Å². The van der Waals surface area contributed by atoms with Gasteiger partial charge in [0.15, 0.2) is 11.6 Å². The Labute approximate surface area is 160 Å². The molecular formula is C16H27IN6O. The Kier molecular flexibility index (Phi) is 10.3. The van der Waals surface area contributed by atoms with Gasteiger partial charge in [0.1, 0.15) is 5.82 Å². The molecule has 0 unspecified atom stereocenters. The molecule has 0 saturated heterocycles. The topological polar surface area (TPSA) is 75.8 Å². The number of pyridine rings is 1. The van der Waals surface area contributed by atoms with Gasteiger partial charge in [-0.15, -0.1) is 34.2 Å². The van der Waals surface area contributed by atoms with Crippen LogP contribution in [0.2, 0.25) is 0 Å². The fourth-order valence-corrected chi connectivity index (χ4v) is 2.22. The van der Waals surface area contributed by atoms with Crippen LogP contribution >= 0.6 is 24.0 Å². The maximum atomic E-state index is 5.31. The molecule has 0 bridgehead atoms. The maximum absolute atomic E-state index is 5.31. The third-order valence-electron chi connectivity index (χ3n) is 3.30. The third kappa shape index (κ3) is 6.60. The lowest BCUT2D eigenvalue weighted by molar-refractivity contribution is 0.152. The molecule has 0 fully saturated rings. The summed E-state index contributed by atoms with van der Waals surface area (Å²) in [7, 11) is 0. The van der Waals surface area contributed by atoms with Crippen LogP contribution in [0.25, 0.3) is 5.65 Å². The minimum atomic E-state index is 0. The van der Waals surface area contributed by atoms with Gasteiger partial charge >= 0.3 is 0 Å². The quantitative estimate of drug-likeness (QED) is 0.266. The summed E-state index contributed by atoms with van der Waals surface area (Å²) in [6, 6.07) is 5.92. The summed E-state index contributed by atoms with van der Waals surface area (Å²) in [6.45, 7) is 7.82. The molecule has 0 spiro atoms. The number of halogens is 1. The monoisotopic (exact) mass is 446 g/mol. The SMILES string of the molecule is CCNC(=NCCCc1nnc2ccccn12)NCCOCC.I. The van der Waals surface area contributed by atoms with E-state index in [0.717, 1.165) is 56.5 Å². The van der Waals surface area contributed by atoms with Crippen molar-refractivity contribution in [3.63, 3.8) is 0 Å². The first-order valence-corrected chi connectivity index (χ1v) is 8.23. The van der Waals surface area contributed by atoms with Gasteiger partial charge in [-0.25, -0.2) is 0 Å². The molecule has 8 heteroatoms. The first-order valence-electron chi connectivity index (χ1n) is 8.23. The summed E-state index contributed by atoms with van der Waals surface area (Å²) < 4.78 is 7.34. The molecule has 24 heavy (non-hydrogen) atoms. The van der Waals surface area contributed by atoms with Crippen LogP contribution in [0.4, 0.5) is 0 Å². The van der Waals surface area contributed by atoms with Crippen LogP contribution in [0.15, 0.2) is 29.4 Å². The molecule has 2 aromatic rings. The predicted molar refractivity (Wildman–Crippen MR) is 107 cm³/mol. The van der Waals surface area contributed by atoms with Crippen molar-refractivity contribution in [1.82, 2.24) is 25.2 Å². The number of nitrogens with zero attached hydrogens (tertiary/aromatic N) is 4. The molecule has 0 aromatic carbocycles. The Balaban J connectivity index is 0.00000288. The number of fused-ring (bicyclic) bond motifs is 1. The van der Waals surface area contributed by atoms with Crippen molar-refractivity contribution < 1.29 is 4.74 Å². The van der Waals surface area contributed by atoms with Crippen LogP contribution in [0, 0.1) is 0 Å². The molecule has 0 aliphatic rings. The molecule has 0 radical (unpaired) electrons. The zero-order chi connectivity index (χ0) is 16.3. The van der Waals surface area contributed by atoms with E-state index in [1.165, 1.54) is 0 Å². The maximum Gasteiger partial charge on any atom is 0.191 e. The molecular weight excluding hydrogens is 419 g/mol. The number of aliphatic imine (C=N–C) groups is 1. The van der Waals surface area contributed by atoms with E-state index >= 15 is 0 Å². The van der Waals surface area contributed by atoms with E-state index in [2.05, 4.69) is 32.7 Å². The van der Waals surface area contributed by atoms with Gasteiger partial charge in [-0.3, -0.25) is 9.39 Å². The van der Waals surface area contributed by atoms with Crippen molar-refractivity contribution in [2.24, 2.45) is 4.99 Å². The van der Waals surface area contributed by atoms with Crippen molar-refractivity contribution in [3.8, 4) is 0 Å². The average Bonchev–Trinajstić information content (AvgIpc) is 2.98. The summed E-state index contributed by atoms with van der Waals surface area (Å²) >= 11 is 0. The smallest absolute Gasteiger partial charge is 0.191 e. The van der Waals surface area contributed by atoms with Crippen molar-refractivity contribution in [3.05, 3.63) is 30.2 Å². The lowest BCUT2D eigenvalue weighted by Gasteiger charge is -2.11. The number of nitrogens with one attached hydrogen (secondary N) is 2. The van der Waals surface area contributed by atoms with Crippen LogP contribution in [0.5, 0.6) is 0 Å². The fourth-order valence-electron chi connectivity index (χ4n) is 2.22. The van der Waals surface area contributed by atoms with E-state index in [1.807, 2.05) is 35.7 Å². The standard InChI is InChI=1S/C16H26N6O.HI/c1-3-17-16(19-11-13-23-4-2)18-10-7-9-15-21-20-14-8-5-6-12-22(14)15;/h5-6,8,12H,3-4,7,9-11,13H2,1-2H3,(H2,17,18,19);1H. The van der Waals surface area contributed by atoms with Gasteiger partial charge in [0.2, 0.25) is 0 Å². The van der Waals surface area contributed by atoms with Gasteiger partial charge in [0.05, 0.1) is 6.61 Å². The Morgan fingerprint density at radius 1 is 1.25 bits per heavy atom. The largest absolute Gasteiger partial charge is 0.380 e. The molecule has 0 aliphatic heterocycles. The number of aromatic nitrogens is 3. The molecule has 2 N–H and O–H groups in total. The van der Waals surface area contributed by atoms with Gasteiger partial charge < -0.3 is 15.4 Å². The third-order valence-corrected chi connectivity index (χ3v) is 3.30. The van der Waals surface area contributed by atoms with Crippen LogP contribution in [0.1, 0.15) is 26.1 Å². The molecule has 134 valence electrons. The number of guanidine groups is 1. The van der Waals surface area contributed by atoms with Gasteiger partial charge in [-0.1, -0.05) is 6.07 Å². The zero-order valence-corrected chi connectivity index (χ0v) is 16.7. The number of hydrogen-bond donors (Lipinski definition) is 2. The molecule has 0 amide bonds. The molecule has 0 atom stereocenters. The second kappa shape index (κ2) is 12.0. The lowest BCUT2D eigenvalue weighted by atomic mass is 10.3. The number of aryl methyl sites for hydroxylation is 1. The van der Waals surface area contributed by atoms with Crippen LogP contribution in [-0.4, -0.2) is 53.4 Å². The van der Waals surface area contributed by atoms with E-state index in [1.54, 1.807) is 0 Å². The zero-order valence-electron chi connectivity index (χ0n) is 14.4. The van der Waals surface area contributed by atoms with Gasteiger partial charge in [-0.2, -0.15) is 0 Å². The second-order valence-electron chi connectivity index (χ2n) is 5.03. The minimum Gasteiger partial charge on any atom is -0.380 e. The highest BCUT2D eigenvalue weighted by Crippen LogP contribution is 2.04. The van der Waals surface area contributed by atoms with Crippen LogP contribution in [-0.2, 0) is 11.2 Å². The summed E-state index contributed by atoms with van der Waals surface area (Å²) in [5.74, 6) is 1.81. The predicted octanol–water partition coefficient (Wildman–Crippen LogP) is 1.87. The van der Waals surface area contributed by atoms with Crippen molar-refractivity contribution in [1.29, 1.82) is 0 Å². The lowest BCUT2D eigenvalue weighted by Crippen LogP contribution is -2.39. The molecule has 0 aliphatic carbocycles. The van der Waals surface area contributed by atoms with Crippen LogP contribution in [0.3, 0.4) is 0 Å². The molecule has 2 rings (SSSR count). The van der Waals surface area contributed by atoms with E-state index in [4.69, 9.17) is 4.74 Å². The van der Waals surface area contributed by atoms with Crippen molar-refractivity contribution in [2.75, 3.05) is 32.8 Å². The Morgan fingerprint density at radius 3 is 2.92 bits per heavy atom. The summed E-state index contributed by atoms with van der Waals surface area (Å²) in [5.41, 5.74) is 0.886. The normalized spacial score (nSPS) is 11.3. The second-order valence-corrected chi connectivity index (χ2v) is 5.03. The average molecular weight is 446 g/mol. The number of hydrogen-bond acceptors (Lipinski definition) is 4. The van der Waals surface area contributed by atoms with Gasteiger partial charge in [0, 0.05) is 38.9 Å². The minimum absolute atomic E-state index is 0. The molecule has 0 saturated carbocycles. The van der Waals surface area contributed by atoms with E-state index in [9.17, 15) is 0 Å². The highest BCUT2D eigenvalue weighted by Gasteiger charge is 2.03. The van der Waals surface area contributed by atoms with Crippen molar-refractivity contribution >= 4 is 35.6 Å². The van der Waals surface area contributed by atoms with Gasteiger partial charge in [0.25, 0.3) is 0 Å². The first-order chi connectivity index (χ1) is 11.3.